The Hall–Kier alpha value is -3.61. The highest BCUT2D eigenvalue weighted by molar-refractivity contribution is 7.80. The lowest BCUT2D eigenvalue weighted by Gasteiger charge is -2.22. The van der Waals surface area contributed by atoms with Gasteiger partial charge in [0.1, 0.15) is 11.6 Å². The molecule has 1 fully saturated rings. The SMILES string of the molecule is O=C(Nc1ccc(OC(F)(F)Cl)cc1)c1cnc(N2CC[C@@H](O)C2)c(NC(=S)Nc2ccc(F)cc2)c1. The van der Waals surface area contributed by atoms with E-state index in [2.05, 4.69) is 25.7 Å². The number of nitrogens with one attached hydrogen (secondary N) is 3. The molecule has 4 N–H and O–H groups in total. The van der Waals surface area contributed by atoms with Gasteiger partial charge in [-0.05, 0) is 73.2 Å². The minimum atomic E-state index is -3.85. The van der Waals surface area contributed by atoms with Crippen molar-refractivity contribution in [2.45, 2.75) is 18.1 Å². The number of carbonyl (C=O) groups is 1. The highest BCUT2D eigenvalue weighted by Crippen LogP contribution is 2.29. The molecule has 0 radical (unpaired) electrons. The molecule has 0 unspecified atom stereocenters. The smallest absolute Gasteiger partial charge is 0.420 e. The van der Waals surface area contributed by atoms with Crippen molar-refractivity contribution < 1.29 is 27.8 Å². The van der Waals surface area contributed by atoms with Gasteiger partial charge in [-0.2, -0.15) is 0 Å². The van der Waals surface area contributed by atoms with E-state index in [1.165, 1.54) is 54.7 Å². The highest BCUT2D eigenvalue weighted by Gasteiger charge is 2.27. The molecule has 13 heteroatoms. The van der Waals surface area contributed by atoms with Crippen LogP contribution in [0.4, 0.5) is 36.1 Å². The van der Waals surface area contributed by atoms with Gasteiger partial charge in [-0.1, -0.05) is 0 Å². The molecule has 0 aliphatic carbocycles. The Balaban J connectivity index is 1.51. The van der Waals surface area contributed by atoms with Gasteiger partial charge >= 0.3 is 5.57 Å². The average molecular weight is 552 g/mol. The van der Waals surface area contributed by atoms with Crippen LogP contribution in [0.1, 0.15) is 16.8 Å². The average Bonchev–Trinajstić information content (AvgIpc) is 3.26. The molecule has 3 aromatic rings. The topological polar surface area (TPSA) is 98.8 Å². The zero-order valence-electron chi connectivity index (χ0n) is 19.1. The van der Waals surface area contributed by atoms with Gasteiger partial charge in [0.2, 0.25) is 0 Å². The van der Waals surface area contributed by atoms with Crippen molar-refractivity contribution in [1.29, 1.82) is 0 Å². The summed E-state index contributed by atoms with van der Waals surface area (Å²) in [5.74, 6) is -0.594. The van der Waals surface area contributed by atoms with Gasteiger partial charge < -0.3 is 30.7 Å². The zero-order valence-corrected chi connectivity index (χ0v) is 20.6. The predicted molar refractivity (Wildman–Crippen MR) is 139 cm³/mol. The molecular formula is C24H21ClF3N5O3S. The van der Waals surface area contributed by atoms with Gasteiger partial charge in [-0.25, -0.2) is 9.37 Å². The maximum atomic E-state index is 13.2. The summed E-state index contributed by atoms with van der Waals surface area (Å²) in [6, 6.07) is 12.4. The molecule has 1 aliphatic rings. The summed E-state index contributed by atoms with van der Waals surface area (Å²) in [7, 11) is 0. The van der Waals surface area contributed by atoms with Crippen LogP contribution in [0.3, 0.4) is 0 Å². The van der Waals surface area contributed by atoms with Crippen molar-refractivity contribution >= 4 is 57.7 Å². The first-order valence-corrected chi connectivity index (χ1v) is 11.8. The van der Waals surface area contributed by atoms with E-state index < -0.39 is 17.6 Å². The second kappa shape index (κ2) is 11.2. The van der Waals surface area contributed by atoms with Gasteiger partial charge in [0.25, 0.3) is 5.91 Å². The molecule has 1 aromatic heterocycles. The minimum Gasteiger partial charge on any atom is -0.420 e. The monoisotopic (exact) mass is 551 g/mol. The number of pyridine rings is 1. The summed E-state index contributed by atoms with van der Waals surface area (Å²) >= 11 is 10.1. The quantitative estimate of drug-likeness (QED) is 0.240. The van der Waals surface area contributed by atoms with Crippen LogP contribution in [-0.2, 0) is 0 Å². The van der Waals surface area contributed by atoms with Crippen molar-refractivity contribution in [2.75, 3.05) is 33.9 Å². The first-order chi connectivity index (χ1) is 17.6. The van der Waals surface area contributed by atoms with Gasteiger partial charge in [0, 0.05) is 42.3 Å². The first kappa shape index (κ1) is 26.5. The molecule has 37 heavy (non-hydrogen) atoms. The van der Waals surface area contributed by atoms with Crippen LogP contribution in [0.5, 0.6) is 5.75 Å². The molecule has 4 rings (SSSR count). The van der Waals surface area contributed by atoms with Gasteiger partial charge in [-0.15, -0.1) is 8.78 Å². The number of aliphatic hydroxyl groups excluding tert-OH is 1. The van der Waals surface area contributed by atoms with Crippen LogP contribution in [0, 0.1) is 5.82 Å². The Labute approximate surface area is 220 Å². The number of benzene rings is 2. The Morgan fingerprint density at radius 3 is 2.38 bits per heavy atom. The summed E-state index contributed by atoms with van der Waals surface area (Å²) in [6.07, 6.45) is 1.44. The number of rotatable bonds is 7. The summed E-state index contributed by atoms with van der Waals surface area (Å²) in [6.45, 7) is 0.920. The maximum Gasteiger partial charge on any atom is 0.487 e. The molecule has 2 heterocycles. The number of aliphatic hydroxyl groups is 1. The Bertz CT molecular complexity index is 1280. The number of ether oxygens (including phenoxy) is 1. The van der Waals surface area contributed by atoms with Crippen molar-refractivity contribution in [3.63, 3.8) is 0 Å². The van der Waals surface area contributed by atoms with Crippen molar-refractivity contribution in [1.82, 2.24) is 4.98 Å². The fourth-order valence-electron chi connectivity index (χ4n) is 3.62. The van der Waals surface area contributed by atoms with Crippen LogP contribution in [0.2, 0.25) is 0 Å². The molecule has 0 bridgehead atoms. The number of carbonyl (C=O) groups excluding carboxylic acids is 1. The molecule has 0 spiro atoms. The molecule has 0 saturated carbocycles. The zero-order chi connectivity index (χ0) is 26.6. The first-order valence-electron chi connectivity index (χ1n) is 11.0. The van der Waals surface area contributed by atoms with E-state index in [1.807, 2.05) is 4.90 Å². The standard InChI is InChI=1S/C24H21ClF3N5O3S/c25-24(27,28)36-19-7-5-16(6-8-19)30-22(35)14-11-20(21(29-12-14)33-10-9-18(34)13-33)32-23(37)31-17-3-1-15(26)2-4-17/h1-8,11-12,18,34H,9-10,13H2,(H,30,35)(H2,31,32,37)/t18-/m1/s1. The third kappa shape index (κ3) is 7.44. The van der Waals surface area contributed by atoms with Gasteiger partial charge in [0.15, 0.2) is 10.9 Å². The molecular weight excluding hydrogens is 531 g/mol. The lowest BCUT2D eigenvalue weighted by atomic mass is 10.2. The lowest BCUT2D eigenvalue weighted by Crippen LogP contribution is -2.26. The van der Waals surface area contributed by atoms with Crippen molar-refractivity contribution in [2.24, 2.45) is 0 Å². The molecule has 8 nitrogen and oxygen atoms in total. The van der Waals surface area contributed by atoms with E-state index in [1.54, 1.807) is 6.07 Å². The minimum absolute atomic E-state index is 0.175. The summed E-state index contributed by atoms with van der Waals surface area (Å²) in [4.78, 5) is 19.2. The third-order valence-electron chi connectivity index (χ3n) is 5.29. The third-order valence-corrected chi connectivity index (χ3v) is 5.57. The van der Waals surface area contributed by atoms with Crippen molar-refractivity contribution in [3.8, 4) is 5.75 Å². The van der Waals surface area contributed by atoms with Crippen LogP contribution < -0.4 is 25.6 Å². The number of β-amino-alcohol motifs (C(OH)–C–C–N with tert-alkyl or cyclic N) is 1. The molecule has 194 valence electrons. The Kier molecular flexibility index (Phi) is 8.00. The lowest BCUT2D eigenvalue weighted by molar-refractivity contribution is -0.0964. The van der Waals surface area contributed by atoms with Crippen LogP contribution in [0.15, 0.2) is 60.8 Å². The highest BCUT2D eigenvalue weighted by atomic mass is 35.5. The number of aromatic nitrogens is 1. The molecule has 2 aromatic carbocycles. The molecule has 1 saturated heterocycles. The van der Waals surface area contributed by atoms with Gasteiger partial charge in [-0.3, -0.25) is 4.79 Å². The maximum absolute atomic E-state index is 13.2. The largest absolute Gasteiger partial charge is 0.487 e. The number of halogens is 4. The Morgan fingerprint density at radius 1 is 1.11 bits per heavy atom. The van der Waals surface area contributed by atoms with E-state index in [4.69, 9.17) is 23.8 Å². The van der Waals surface area contributed by atoms with E-state index in [-0.39, 0.29) is 22.2 Å². The molecule has 1 amide bonds. The number of anilines is 4. The Morgan fingerprint density at radius 2 is 1.76 bits per heavy atom. The number of amides is 1. The molecule has 1 atom stereocenters. The van der Waals surface area contributed by atoms with Crippen LogP contribution >= 0.6 is 23.8 Å². The number of hydrogen-bond acceptors (Lipinski definition) is 6. The van der Waals surface area contributed by atoms with E-state index >= 15 is 0 Å². The van der Waals surface area contributed by atoms with Crippen molar-refractivity contribution in [3.05, 3.63) is 72.2 Å². The number of nitrogens with zero attached hydrogens (tertiary/aromatic N) is 2. The summed E-state index contributed by atoms with van der Waals surface area (Å²) in [5, 5.41) is 18.7. The fraction of sp³-hybridized carbons (Fsp3) is 0.208. The summed E-state index contributed by atoms with van der Waals surface area (Å²) in [5.41, 5.74) is -2.38. The number of alkyl halides is 3. The fourth-order valence-corrected chi connectivity index (χ4v) is 3.94. The van der Waals surface area contributed by atoms with E-state index in [0.717, 1.165) is 0 Å². The number of thiocarbonyl (C=S) groups is 1. The summed E-state index contributed by atoms with van der Waals surface area (Å²) < 4.78 is 43.0. The predicted octanol–water partition coefficient (Wildman–Crippen LogP) is 5.02. The second-order valence-corrected chi connectivity index (χ2v) is 8.94. The van der Waals surface area contributed by atoms with E-state index in [9.17, 15) is 23.1 Å². The van der Waals surface area contributed by atoms with Crippen LogP contribution in [0.25, 0.3) is 0 Å². The van der Waals surface area contributed by atoms with Crippen LogP contribution in [-0.4, -0.2) is 45.9 Å². The second-order valence-electron chi connectivity index (χ2n) is 8.10. The van der Waals surface area contributed by atoms with Gasteiger partial charge in [0.05, 0.1) is 17.4 Å². The van der Waals surface area contributed by atoms with E-state index in [0.29, 0.717) is 42.4 Å². The normalized spacial score (nSPS) is 15.3. The number of hydrogen-bond donors (Lipinski definition) is 4. The molecule has 1 aliphatic heterocycles.